The molecule has 0 aliphatic carbocycles. The first-order chi connectivity index (χ1) is 11.0. The predicted molar refractivity (Wildman–Crippen MR) is 85.4 cm³/mol. The minimum atomic E-state index is -2.99. The summed E-state index contributed by atoms with van der Waals surface area (Å²) in [5, 5.41) is 3.04. The predicted octanol–water partition coefficient (Wildman–Crippen LogP) is 4.46. The highest BCUT2D eigenvalue weighted by atomic mass is 32.1. The Balaban J connectivity index is 1.87. The lowest BCUT2D eigenvalue weighted by atomic mass is 10.2. The van der Waals surface area contributed by atoms with E-state index in [1.807, 2.05) is 25.1 Å². The van der Waals surface area contributed by atoms with Crippen molar-refractivity contribution in [2.75, 3.05) is 5.32 Å². The molecule has 23 heavy (non-hydrogen) atoms. The van der Waals surface area contributed by atoms with E-state index in [9.17, 15) is 13.6 Å². The van der Waals surface area contributed by atoms with E-state index >= 15 is 0 Å². The molecule has 0 unspecified atom stereocenters. The van der Waals surface area contributed by atoms with Gasteiger partial charge in [0, 0.05) is 0 Å². The molecule has 0 atom stereocenters. The number of fused-ring (bicyclic) bond motifs is 1. The zero-order chi connectivity index (χ0) is 16.4. The van der Waals surface area contributed by atoms with Gasteiger partial charge in [-0.15, -0.1) is 0 Å². The van der Waals surface area contributed by atoms with Crippen molar-refractivity contribution in [3.05, 3.63) is 53.6 Å². The molecule has 0 aliphatic heterocycles. The van der Waals surface area contributed by atoms with E-state index in [2.05, 4.69) is 15.0 Å². The number of aryl methyl sites for hydroxylation is 1. The largest absolute Gasteiger partial charge is 0.434 e. The van der Waals surface area contributed by atoms with Crippen molar-refractivity contribution in [3.8, 4) is 5.75 Å². The number of halogens is 2. The molecule has 0 spiro atoms. The summed E-state index contributed by atoms with van der Waals surface area (Å²) in [4.78, 5) is 16.7. The normalized spacial score (nSPS) is 11.0. The number of rotatable bonds is 4. The number of hydrogen-bond acceptors (Lipinski definition) is 4. The van der Waals surface area contributed by atoms with Crippen LogP contribution in [0.4, 0.5) is 13.9 Å². The molecular weight excluding hydrogens is 322 g/mol. The monoisotopic (exact) mass is 334 g/mol. The Morgan fingerprint density at radius 3 is 2.74 bits per heavy atom. The maximum Gasteiger partial charge on any atom is 0.387 e. The summed E-state index contributed by atoms with van der Waals surface area (Å²) in [5.74, 6) is -0.713. The molecule has 3 rings (SSSR count). The Hall–Kier alpha value is -2.54. The smallest absolute Gasteiger partial charge is 0.387 e. The highest BCUT2D eigenvalue weighted by Gasteiger charge is 2.17. The highest BCUT2D eigenvalue weighted by Crippen LogP contribution is 2.29. The van der Waals surface area contributed by atoms with Gasteiger partial charge in [-0.1, -0.05) is 35.6 Å². The van der Waals surface area contributed by atoms with Crippen molar-refractivity contribution >= 4 is 32.6 Å². The minimum Gasteiger partial charge on any atom is -0.434 e. The van der Waals surface area contributed by atoms with Gasteiger partial charge in [0.1, 0.15) is 5.75 Å². The second-order valence-electron chi connectivity index (χ2n) is 4.77. The summed E-state index contributed by atoms with van der Waals surface area (Å²) in [6.07, 6.45) is 0. The lowest BCUT2D eigenvalue weighted by Gasteiger charge is -2.09. The fourth-order valence-corrected chi connectivity index (χ4v) is 3.10. The van der Waals surface area contributed by atoms with Gasteiger partial charge in [0.05, 0.1) is 15.8 Å². The zero-order valence-electron chi connectivity index (χ0n) is 12.0. The van der Waals surface area contributed by atoms with Crippen LogP contribution in [-0.4, -0.2) is 17.5 Å². The number of nitrogens with one attached hydrogen (secondary N) is 1. The Morgan fingerprint density at radius 2 is 2.00 bits per heavy atom. The van der Waals surface area contributed by atoms with E-state index in [4.69, 9.17) is 0 Å². The number of nitrogens with zero attached hydrogens (tertiary/aromatic N) is 1. The number of anilines is 1. The van der Waals surface area contributed by atoms with Crippen molar-refractivity contribution in [1.29, 1.82) is 0 Å². The number of ether oxygens (including phenoxy) is 1. The third-order valence-corrected chi connectivity index (χ3v) is 4.12. The highest BCUT2D eigenvalue weighted by molar-refractivity contribution is 7.22. The summed E-state index contributed by atoms with van der Waals surface area (Å²) in [6.45, 7) is -1.06. The number of benzene rings is 2. The van der Waals surface area contributed by atoms with Gasteiger partial charge in [0.25, 0.3) is 5.91 Å². The van der Waals surface area contributed by atoms with Gasteiger partial charge >= 0.3 is 6.61 Å². The molecule has 0 radical (unpaired) electrons. The summed E-state index contributed by atoms with van der Waals surface area (Å²) in [6, 6.07) is 11.6. The Kier molecular flexibility index (Phi) is 4.20. The van der Waals surface area contributed by atoms with E-state index in [1.54, 1.807) is 6.07 Å². The lowest BCUT2D eigenvalue weighted by molar-refractivity contribution is -0.0501. The van der Waals surface area contributed by atoms with Crippen LogP contribution >= 0.6 is 11.3 Å². The molecule has 1 heterocycles. The molecule has 3 aromatic rings. The van der Waals surface area contributed by atoms with Crippen molar-refractivity contribution < 1.29 is 18.3 Å². The molecule has 0 saturated heterocycles. The molecule has 1 aromatic heterocycles. The van der Waals surface area contributed by atoms with Gasteiger partial charge in [-0.05, 0) is 30.7 Å². The van der Waals surface area contributed by atoms with Crippen molar-refractivity contribution in [2.45, 2.75) is 13.5 Å². The van der Waals surface area contributed by atoms with Gasteiger partial charge in [-0.2, -0.15) is 8.78 Å². The summed E-state index contributed by atoms with van der Waals surface area (Å²) >= 11 is 1.32. The summed E-state index contributed by atoms with van der Waals surface area (Å²) in [5.41, 5.74) is 1.84. The number of hydrogen-bond donors (Lipinski definition) is 1. The molecule has 0 bridgehead atoms. The maximum absolute atomic E-state index is 12.4. The van der Waals surface area contributed by atoms with Crippen LogP contribution in [0.15, 0.2) is 42.5 Å². The van der Waals surface area contributed by atoms with Crippen molar-refractivity contribution in [1.82, 2.24) is 4.98 Å². The number of carbonyl (C=O) groups is 1. The third kappa shape index (κ3) is 3.29. The number of alkyl halides is 2. The van der Waals surface area contributed by atoms with E-state index in [-0.39, 0.29) is 11.3 Å². The molecule has 1 N–H and O–H groups in total. The van der Waals surface area contributed by atoms with Gasteiger partial charge in [-0.25, -0.2) is 4.98 Å². The Morgan fingerprint density at radius 1 is 1.22 bits per heavy atom. The van der Waals surface area contributed by atoms with Crippen LogP contribution in [0, 0.1) is 6.92 Å². The minimum absolute atomic E-state index is 0.0313. The number of thiazole rings is 1. The Labute approximate surface area is 134 Å². The maximum atomic E-state index is 12.4. The van der Waals surface area contributed by atoms with Crippen LogP contribution in [0.5, 0.6) is 5.75 Å². The number of aromatic nitrogens is 1. The van der Waals surface area contributed by atoms with Crippen LogP contribution in [0.2, 0.25) is 0 Å². The average molecular weight is 334 g/mol. The molecule has 7 heteroatoms. The number of carbonyl (C=O) groups excluding carboxylic acids is 1. The molecule has 0 aliphatic rings. The summed E-state index contributed by atoms with van der Waals surface area (Å²) < 4.78 is 30.1. The standard InChI is InChI=1S/C16H12F2N2O2S/c1-9-5-4-8-12-13(9)19-16(23-12)20-14(21)10-6-2-3-7-11(10)22-15(17)18/h2-8,15H,1H3,(H,19,20,21). The SMILES string of the molecule is Cc1cccc2sc(NC(=O)c3ccccc3OC(F)F)nc12. The fourth-order valence-electron chi connectivity index (χ4n) is 2.16. The topological polar surface area (TPSA) is 51.2 Å². The first kappa shape index (κ1) is 15.4. The number of amides is 1. The van der Waals surface area contributed by atoms with Gasteiger partial charge in [0.2, 0.25) is 0 Å². The van der Waals surface area contributed by atoms with Crippen LogP contribution in [0.1, 0.15) is 15.9 Å². The van der Waals surface area contributed by atoms with Crippen LogP contribution in [0.25, 0.3) is 10.2 Å². The quantitative estimate of drug-likeness (QED) is 0.766. The van der Waals surface area contributed by atoms with Crippen LogP contribution in [0.3, 0.4) is 0 Å². The van der Waals surface area contributed by atoms with Crippen molar-refractivity contribution in [2.24, 2.45) is 0 Å². The second-order valence-corrected chi connectivity index (χ2v) is 5.80. The average Bonchev–Trinajstić information content (AvgIpc) is 2.91. The van der Waals surface area contributed by atoms with E-state index in [1.165, 1.54) is 29.5 Å². The second kappa shape index (κ2) is 6.29. The molecule has 0 fully saturated rings. The van der Waals surface area contributed by atoms with E-state index in [0.717, 1.165) is 15.8 Å². The molecule has 2 aromatic carbocycles. The lowest BCUT2D eigenvalue weighted by Crippen LogP contribution is -2.14. The molecule has 0 saturated carbocycles. The van der Waals surface area contributed by atoms with Gasteiger partial charge in [0.15, 0.2) is 5.13 Å². The van der Waals surface area contributed by atoms with E-state index < -0.39 is 12.5 Å². The van der Waals surface area contributed by atoms with Gasteiger partial charge < -0.3 is 4.74 Å². The van der Waals surface area contributed by atoms with Crippen LogP contribution in [-0.2, 0) is 0 Å². The fraction of sp³-hybridized carbons (Fsp3) is 0.125. The van der Waals surface area contributed by atoms with Crippen molar-refractivity contribution in [3.63, 3.8) is 0 Å². The Bertz CT molecular complexity index is 864. The summed E-state index contributed by atoms with van der Waals surface area (Å²) in [7, 11) is 0. The first-order valence-electron chi connectivity index (χ1n) is 6.76. The van der Waals surface area contributed by atoms with Gasteiger partial charge in [-0.3, -0.25) is 10.1 Å². The zero-order valence-corrected chi connectivity index (χ0v) is 12.9. The first-order valence-corrected chi connectivity index (χ1v) is 7.57. The molecule has 1 amide bonds. The third-order valence-electron chi connectivity index (χ3n) is 3.19. The van der Waals surface area contributed by atoms with Crippen LogP contribution < -0.4 is 10.1 Å². The molecule has 118 valence electrons. The van der Waals surface area contributed by atoms with E-state index in [0.29, 0.717) is 5.13 Å². The number of para-hydroxylation sites is 2. The molecular formula is C16H12F2N2O2S. The molecule has 4 nitrogen and oxygen atoms in total.